The van der Waals surface area contributed by atoms with Gasteiger partial charge in [0.2, 0.25) is 0 Å². The van der Waals surface area contributed by atoms with Crippen molar-refractivity contribution in [3.63, 3.8) is 0 Å². The molecule has 0 aromatic heterocycles. The Labute approximate surface area is 117 Å². The summed E-state index contributed by atoms with van der Waals surface area (Å²) in [7, 11) is 0. The minimum atomic E-state index is -0.380. The number of carbonyl (C=O) groups excluding carboxylic acids is 1. The fraction of sp³-hybridized carbons (Fsp3) is 0.938. The molecule has 3 heteroatoms. The van der Waals surface area contributed by atoms with Gasteiger partial charge in [-0.2, -0.15) is 0 Å². The summed E-state index contributed by atoms with van der Waals surface area (Å²) < 4.78 is 5.51. The van der Waals surface area contributed by atoms with Gasteiger partial charge in [0.25, 0.3) is 0 Å². The smallest absolute Gasteiger partial charge is 0.323 e. The van der Waals surface area contributed by atoms with Crippen LogP contribution in [0, 0.1) is 11.8 Å². The maximum absolute atomic E-state index is 12.2. The molecule has 0 aromatic carbocycles. The number of hydrogen-bond donors (Lipinski definition) is 0. The molecule has 0 aromatic rings. The van der Waals surface area contributed by atoms with Gasteiger partial charge < -0.3 is 4.74 Å². The van der Waals surface area contributed by atoms with E-state index in [0.29, 0.717) is 0 Å². The van der Waals surface area contributed by atoms with Gasteiger partial charge in [-0.1, -0.05) is 19.3 Å². The molecule has 2 rings (SSSR count). The molecule has 1 heterocycles. The van der Waals surface area contributed by atoms with Crippen LogP contribution >= 0.6 is 0 Å². The molecule has 19 heavy (non-hydrogen) atoms. The van der Waals surface area contributed by atoms with Crippen molar-refractivity contribution in [2.45, 2.75) is 71.4 Å². The van der Waals surface area contributed by atoms with E-state index < -0.39 is 0 Å². The number of rotatable bonds is 2. The van der Waals surface area contributed by atoms with Crippen LogP contribution in [0.5, 0.6) is 0 Å². The standard InChI is InChI=1S/C16H29NO2/c1-12(15(18)19-16(2,3)4)17-10-9-13-7-5-6-8-14(13)11-17/h12-14H,5-11H2,1-4H3. The Bertz CT molecular complexity index is 321. The Morgan fingerprint density at radius 2 is 1.79 bits per heavy atom. The third-order valence-electron chi connectivity index (χ3n) is 4.62. The van der Waals surface area contributed by atoms with Gasteiger partial charge in [-0.3, -0.25) is 9.69 Å². The summed E-state index contributed by atoms with van der Waals surface area (Å²) in [6, 6.07) is -0.0953. The number of nitrogens with zero attached hydrogens (tertiary/aromatic N) is 1. The van der Waals surface area contributed by atoms with Crippen molar-refractivity contribution in [3.8, 4) is 0 Å². The maximum atomic E-state index is 12.2. The molecule has 2 fully saturated rings. The summed E-state index contributed by atoms with van der Waals surface area (Å²) in [5.74, 6) is 1.66. The van der Waals surface area contributed by atoms with E-state index >= 15 is 0 Å². The summed E-state index contributed by atoms with van der Waals surface area (Å²) in [4.78, 5) is 14.5. The first-order valence-electron chi connectivity index (χ1n) is 7.84. The zero-order valence-corrected chi connectivity index (χ0v) is 12.9. The number of likely N-dealkylation sites (tertiary alicyclic amines) is 1. The molecule has 110 valence electrons. The zero-order valence-electron chi connectivity index (χ0n) is 12.9. The van der Waals surface area contributed by atoms with E-state index in [1.54, 1.807) is 0 Å². The molecule has 1 saturated carbocycles. The second-order valence-corrected chi connectivity index (χ2v) is 7.30. The van der Waals surface area contributed by atoms with Crippen LogP contribution in [-0.4, -0.2) is 35.6 Å². The Balaban J connectivity index is 1.89. The Kier molecular flexibility index (Phi) is 4.54. The number of piperidine rings is 1. The van der Waals surface area contributed by atoms with Gasteiger partial charge in [-0.05, 0) is 58.9 Å². The zero-order chi connectivity index (χ0) is 14.0. The molecule has 1 saturated heterocycles. The lowest BCUT2D eigenvalue weighted by Gasteiger charge is -2.43. The second kappa shape index (κ2) is 5.82. The van der Waals surface area contributed by atoms with Crippen molar-refractivity contribution in [1.82, 2.24) is 4.90 Å². The van der Waals surface area contributed by atoms with Crippen LogP contribution in [0.3, 0.4) is 0 Å². The van der Waals surface area contributed by atoms with Crippen LogP contribution in [-0.2, 0) is 9.53 Å². The molecule has 3 atom stereocenters. The van der Waals surface area contributed by atoms with E-state index in [-0.39, 0.29) is 17.6 Å². The highest BCUT2D eigenvalue weighted by atomic mass is 16.6. The number of fused-ring (bicyclic) bond motifs is 1. The summed E-state index contributed by atoms with van der Waals surface area (Å²) in [6.45, 7) is 9.95. The van der Waals surface area contributed by atoms with Crippen LogP contribution in [0.4, 0.5) is 0 Å². The molecule has 1 aliphatic heterocycles. The maximum Gasteiger partial charge on any atom is 0.323 e. The Hall–Kier alpha value is -0.570. The van der Waals surface area contributed by atoms with E-state index in [1.165, 1.54) is 32.1 Å². The van der Waals surface area contributed by atoms with Gasteiger partial charge >= 0.3 is 5.97 Å². The fourth-order valence-electron chi connectivity index (χ4n) is 3.52. The van der Waals surface area contributed by atoms with Crippen LogP contribution < -0.4 is 0 Å². The van der Waals surface area contributed by atoms with Crippen molar-refractivity contribution in [2.75, 3.05) is 13.1 Å². The van der Waals surface area contributed by atoms with E-state index in [0.717, 1.165) is 24.9 Å². The molecule has 2 aliphatic rings. The third kappa shape index (κ3) is 3.95. The highest BCUT2D eigenvalue weighted by molar-refractivity contribution is 5.75. The summed E-state index contributed by atoms with van der Waals surface area (Å²) in [6.07, 6.45) is 6.79. The monoisotopic (exact) mass is 267 g/mol. The first kappa shape index (κ1) is 14.8. The molecule has 0 amide bonds. The first-order valence-corrected chi connectivity index (χ1v) is 7.84. The van der Waals surface area contributed by atoms with Gasteiger partial charge in [-0.25, -0.2) is 0 Å². The molecule has 0 N–H and O–H groups in total. The van der Waals surface area contributed by atoms with Gasteiger partial charge in [-0.15, -0.1) is 0 Å². The predicted octanol–water partition coefficient (Wildman–Crippen LogP) is 3.23. The molecule has 1 aliphatic carbocycles. The van der Waals surface area contributed by atoms with Crippen molar-refractivity contribution in [1.29, 1.82) is 0 Å². The highest BCUT2D eigenvalue weighted by Gasteiger charge is 2.35. The van der Waals surface area contributed by atoms with Crippen LogP contribution in [0.1, 0.15) is 59.8 Å². The van der Waals surface area contributed by atoms with Crippen molar-refractivity contribution >= 4 is 5.97 Å². The SMILES string of the molecule is CC(C(=O)OC(C)(C)C)N1CCC2CCCCC2C1. The van der Waals surface area contributed by atoms with E-state index in [9.17, 15) is 4.79 Å². The van der Waals surface area contributed by atoms with Crippen LogP contribution in [0.15, 0.2) is 0 Å². The van der Waals surface area contributed by atoms with Crippen molar-refractivity contribution in [2.24, 2.45) is 11.8 Å². The Morgan fingerprint density at radius 3 is 2.42 bits per heavy atom. The number of esters is 1. The molecule has 3 unspecified atom stereocenters. The summed E-state index contributed by atoms with van der Waals surface area (Å²) in [5.41, 5.74) is -0.380. The first-order chi connectivity index (χ1) is 8.87. The van der Waals surface area contributed by atoms with Gasteiger partial charge in [0, 0.05) is 6.54 Å². The van der Waals surface area contributed by atoms with E-state index in [1.807, 2.05) is 27.7 Å². The minimum Gasteiger partial charge on any atom is -0.459 e. The van der Waals surface area contributed by atoms with Crippen LogP contribution in [0.2, 0.25) is 0 Å². The number of ether oxygens (including phenoxy) is 1. The lowest BCUT2D eigenvalue weighted by molar-refractivity contribution is -0.162. The van der Waals surface area contributed by atoms with E-state index in [2.05, 4.69) is 4.90 Å². The third-order valence-corrected chi connectivity index (χ3v) is 4.62. The molecule has 0 bridgehead atoms. The lowest BCUT2D eigenvalue weighted by atomic mass is 9.75. The van der Waals surface area contributed by atoms with Crippen LogP contribution in [0.25, 0.3) is 0 Å². The second-order valence-electron chi connectivity index (χ2n) is 7.30. The molecule has 0 radical (unpaired) electrons. The predicted molar refractivity (Wildman–Crippen MR) is 76.9 cm³/mol. The number of carbonyl (C=O) groups is 1. The largest absolute Gasteiger partial charge is 0.459 e. The fourth-order valence-corrected chi connectivity index (χ4v) is 3.52. The average Bonchev–Trinajstić information content (AvgIpc) is 2.35. The molecular formula is C16H29NO2. The molecule has 0 spiro atoms. The topological polar surface area (TPSA) is 29.5 Å². The van der Waals surface area contributed by atoms with Gasteiger partial charge in [0.05, 0.1) is 0 Å². The molecular weight excluding hydrogens is 238 g/mol. The molecule has 3 nitrogen and oxygen atoms in total. The summed E-state index contributed by atoms with van der Waals surface area (Å²) >= 11 is 0. The summed E-state index contributed by atoms with van der Waals surface area (Å²) in [5, 5.41) is 0. The van der Waals surface area contributed by atoms with Crippen molar-refractivity contribution in [3.05, 3.63) is 0 Å². The van der Waals surface area contributed by atoms with E-state index in [4.69, 9.17) is 4.74 Å². The average molecular weight is 267 g/mol. The number of hydrogen-bond acceptors (Lipinski definition) is 3. The van der Waals surface area contributed by atoms with Gasteiger partial charge in [0.1, 0.15) is 11.6 Å². The normalized spacial score (nSPS) is 30.5. The lowest BCUT2D eigenvalue weighted by Crippen LogP contribution is -2.49. The highest BCUT2D eigenvalue weighted by Crippen LogP contribution is 2.36. The minimum absolute atomic E-state index is 0.0678. The quantitative estimate of drug-likeness (QED) is 0.719. The van der Waals surface area contributed by atoms with Crippen molar-refractivity contribution < 1.29 is 9.53 Å². The van der Waals surface area contributed by atoms with Gasteiger partial charge in [0.15, 0.2) is 0 Å². The Morgan fingerprint density at radius 1 is 1.16 bits per heavy atom.